The van der Waals surface area contributed by atoms with Gasteiger partial charge >= 0.3 is 0 Å². The Hall–Kier alpha value is -0.650. The molecule has 2 aliphatic rings. The van der Waals surface area contributed by atoms with Gasteiger partial charge in [0.25, 0.3) is 0 Å². The van der Waals surface area contributed by atoms with Crippen molar-refractivity contribution < 1.29 is 14.3 Å². The van der Waals surface area contributed by atoms with E-state index in [4.69, 9.17) is 9.47 Å². The molecule has 2 saturated heterocycles. The molecule has 2 atom stereocenters. The largest absolute Gasteiger partial charge is 0.381 e. The summed E-state index contributed by atoms with van der Waals surface area (Å²) < 4.78 is 10.9. The highest BCUT2D eigenvalue weighted by molar-refractivity contribution is 5.79. The lowest BCUT2D eigenvalue weighted by atomic mass is 9.97. The number of amides is 1. The van der Waals surface area contributed by atoms with Gasteiger partial charge < -0.3 is 19.7 Å². The van der Waals surface area contributed by atoms with Crippen molar-refractivity contribution in [2.45, 2.75) is 32.2 Å². The van der Waals surface area contributed by atoms with Crippen LogP contribution >= 0.6 is 0 Å². The molecule has 5 heteroatoms. The molecular formula is C15H28N2O3. The fourth-order valence-electron chi connectivity index (χ4n) is 3.02. The molecule has 20 heavy (non-hydrogen) atoms. The first-order valence-electron chi connectivity index (χ1n) is 7.86. The number of ether oxygens (including phenoxy) is 2. The highest BCUT2D eigenvalue weighted by atomic mass is 16.5. The summed E-state index contributed by atoms with van der Waals surface area (Å²) in [6.45, 7) is 6.80. The molecule has 2 fully saturated rings. The minimum absolute atomic E-state index is 0.0219. The van der Waals surface area contributed by atoms with Crippen molar-refractivity contribution in [3.05, 3.63) is 0 Å². The minimum atomic E-state index is -0.0219. The third-order valence-electron chi connectivity index (χ3n) is 4.30. The normalized spacial score (nSPS) is 27.7. The van der Waals surface area contributed by atoms with Crippen molar-refractivity contribution in [2.24, 2.45) is 11.8 Å². The third kappa shape index (κ3) is 4.17. The van der Waals surface area contributed by atoms with Crippen molar-refractivity contribution in [1.82, 2.24) is 10.2 Å². The van der Waals surface area contributed by atoms with E-state index in [1.165, 1.54) is 0 Å². The molecule has 2 aliphatic heterocycles. The van der Waals surface area contributed by atoms with Gasteiger partial charge in [-0.25, -0.2) is 0 Å². The lowest BCUT2D eigenvalue weighted by molar-refractivity contribution is -0.135. The van der Waals surface area contributed by atoms with Crippen LogP contribution in [-0.2, 0) is 14.3 Å². The lowest BCUT2D eigenvalue weighted by Crippen LogP contribution is -2.46. The SMILES string of the molecule is CCCNC1COCC1C(=O)N(C)CC1CCOCC1. The van der Waals surface area contributed by atoms with Crippen LogP contribution in [0.5, 0.6) is 0 Å². The Balaban J connectivity index is 1.81. The summed E-state index contributed by atoms with van der Waals surface area (Å²) in [5.41, 5.74) is 0. The second kappa shape index (κ2) is 7.96. The molecule has 0 bridgehead atoms. The van der Waals surface area contributed by atoms with Crippen molar-refractivity contribution in [1.29, 1.82) is 0 Å². The highest BCUT2D eigenvalue weighted by Crippen LogP contribution is 2.20. The molecule has 2 unspecified atom stereocenters. The first kappa shape index (κ1) is 15.7. The second-order valence-electron chi connectivity index (χ2n) is 5.98. The van der Waals surface area contributed by atoms with Gasteiger partial charge in [0.15, 0.2) is 0 Å². The number of hydrogen-bond donors (Lipinski definition) is 1. The van der Waals surface area contributed by atoms with Gasteiger partial charge in [-0.05, 0) is 31.7 Å². The van der Waals surface area contributed by atoms with E-state index in [-0.39, 0.29) is 17.9 Å². The van der Waals surface area contributed by atoms with E-state index >= 15 is 0 Å². The Bertz CT molecular complexity index is 305. The lowest BCUT2D eigenvalue weighted by Gasteiger charge is -2.29. The Labute approximate surface area is 122 Å². The van der Waals surface area contributed by atoms with E-state index in [0.717, 1.165) is 45.6 Å². The van der Waals surface area contributed by atoms with Crippen molar-refractivity contribution in [3.8, 4) is 0 Å². The van der Waals surface area contributed by atoms with Crippen LogP contribution in [-0.4, -0.2) is 63.4 Å². The summed E-state index contributed by atoms with van der Waals surface area (Å²) in [7, 11) is 1.92. The van der Waals surface area contributed by atoms with Crippen LogP contribution in [0.4, 0.5) is 0 Å². The standard InChI is InChI=1S/C15H28N2O3/c1-3-6-16-14-11-20-10-13(14)15(18)17(2)9-12-4-7-19-8-5-12/h12-14,16H,3-11H2,1-2H3. The van der Waals surface area contributed by atoms with Gasteiger partial charge in [-0.2, -0.15) is 0 Å². The van der Waals surface area contributed by atoms with Crippen LogP contribution in [0.25, 0.3) is 0 Å². The van der Waals surface area contributed by atoms with Gasteiger partial charge in [0.1, 0.15) is 0 Å². The number of hydrogen-bond acceptors (Lipinski definition) is 4. The summed E-state index contributed by atoms with van der Waals surface area (Å²) in [5.74, 6) is 0.788. The first-order valence-corrected chi connectivity index (χ1v) is 7.86. The maximum Gasteiger partial charge on any atom is 0.229 e. The predicted molar refractivity (Wildman–Crippen MR) is 77.6 cm³/mol. The number of carbonyl (C=O) groups is 1. The van der Waals surface area contributed by atoms with Gasteiger partial charge in [-0.1, -0.05) is 6.92 Å². The summed E-state index contributed by atoms with van der Waals surface area (Å²) >= 11 is 0. The first-order chi connectivity index (χ1) is 9.72. The zero-order valence-electron chi connectivity index (χ0n) is 12.8. The number of carbonyl (C=O) groups excluding carboxylic acids is 1. The van der Waals surface area contributed by atoms with E-state index in [2.05, 4.69) is 12.2 Å². The average molecular weight is 284 g/mol. The molecule has 2 rings (SSSR count). The third-order valence-corrected chi connectivity index (χ3v) is 4.30. The summed E-state index contributed by atoms with van der Waals surface area (Å²) in [5, 5.41) is 3.43. The predicted octanol–water partition coefficient (Wildman–Crippen LogP) is 0.886. The second-order valence-corrected chi connectivity index (χ2v) is 5.98. The Kier molecular flexibility index (Phi) is 6.26. The molecule has 2 heterocycles. The number of nitrogens with zero attached hydrogens (tertiary/aromatic N) is 1. The van der Waals surface area contributed by atoms with E-state index in [9.17, 15) is 4.79 Å². The molecule has 0 saturated carbocycles. The summed E-state index contributed by atoms with van der Waals surface area (Å²) in [6.07, 6.45) is 3.21. The molecule has 0 radical (unpaired) electrons. The summed E-state index contributed by atoms with van der Waals surface area (Å²) in [4.78, 5) is 14.5. The van der Waals surface area contributed by atoms with Crippen LogP contribution in [0.3, 0.4) is 0 Å². The maximum absolute atomic E-state index is 12.6. The zero-order chi connectivity index (χ0) is 14.4. The molecular weight excluding hydrogens is 256 g/mol. The molecule has 1 amide bonds. The Morgan fingerprint density at radius 1 is 1.25 bits per heavy atom. The monoisotopic (exact) mass is 284 g/mol. The molecule has 116 valence electrons. The molecule has 5 nitrogen and oxygen atoms in total. The topological polar surface area (TPSA) is 50.8 Å². The van der Waals surface area contributed by atoms with Gasteiger partial charge in [0, 0.05) is 32.8 Å². The van der Waals surface area contributed by atoms with E-state index < -0.39 is 0 Å². The molecule has 0 aliphatic carbocycles. The Morgan fingerprint density at radius 2 is 2.00 bits per heavy atom. The zero-order valence-corrected chi connectivity index (χ0v) is 12.8. The van der Waals surface area contributed by atoms with Crippen LogP contribution in [0, 0.1) is 11.8 Å². The smallest absolute Gasteiger partial charge is 0.229 e. The highest BCUT2D eigenvalue weighted by Gasteiger charge is 2.35. The van der Waals surface area contributed by atoms with Crippen LogP contribution in [0.2, 0.25) is 0 Å². The van der Waals surface area contributed by atoms with E-state index in [0.29, 0.717) is 19.1 Å². The van der Waals surface area contributed by atoms with E-state index in [1.807, 2.05) is 11.9 Å². The minimum Gasteiger partial charge on any atom is -0.381 e. The molecule has 0 aromatic carbocycles. The number of rotatable bonds is 6. The molecule has 1 N–H and O–H groups in total. The van der Waals surface area contributed by atoms with Gasteiger partial charge in [0.05, 0.1) is 19.1 Å². The van der Waals surface area contributed by atoms with Crippen LogP contribution < -0.4 is 5.32 Å². The van der Waals surface area contributed by atoms with Crippen molar-refractivity contribution in [3.63, 3.8) is 0 Å². The average Bonchev–Trinajstić information content (AvgIpc) is 2.93. The van der Waals surface area contributed by atoms with Gasteiger partial charge in [-0.15, -0.1) is 0 Å². The fraction of sp³-hybridized carbons (Fsp3) is 0.933. The molecule has 0 spiro atoms. The summed E-state index contributed by atoms with van der Waals surface area (Å²) in [6, 6.07) is 0.180. The quantitative estimate of drug-likeness (QED) is 0.787. The molecule has 0 aromatic heterocycles. The van der Waals surface area contributed by atoms with Gasteiger partial charge in [0.2, 0.25) is 5.91 Å². The van der Waals surface area contributed by atoms with Crippen LogP contribution in [0.1, 0.15) is 26.2 Å². The van der Waals surface area contributed by atoms with Crippen molar-refractivity contribution >= 4 is 5.91 Å². The van der Waals surface area contributed by atoms with Crippen LogP contribution in [0.15, 0.2) is 0 Å². The maximum atomic E-state index is 12.6. The molecule has 0 aromatic rings. The Morgan fingerprint density at radius 3 is 2.70 bits per heavy atom. The van der Waals surface area contributed by atoms with Crippen molar-refractivity contribution in [2.75, 3.05) is 46.6 Å². The fourth-order valence-corrected chi connectivity index (χ4v) is 3.02. The van der Waals surface area contributed by atoms with E-state index in [1.54, 1.807) is 0 Å². The number of nitrogens with one attached hydrogen (secondary N) is 1. The van der Waals surface area contributed by atoms with Gasteiger partial charge in [-0.3, -0.25) is 4.79 Å².